The van der Waals surface area contributed by atoms with Crippen molar-refractivity contribution in [2.75, 3.05) is 13.2 Å². The zero-order valence-electron chi connectivity index (χ0n) is 6.84. The van der Waals surface area contributed by atoms with Crippen LogP contribution < -0.4 is 0 Å². The van der Waals surface area contributed by atoms with Crippen molar-refractivity contribution in [2.24, 2.45) is 0 Å². The quantitative estimate of drug-likeness (QED) is 0.394. The SMILES string of the molecule is O=CCCOS(=O)(=O)OCCC=O. The van der Waals surface area contributed by atoms with Crippen LogP contribution in [0.25, 0.3) is 0 Å². The molecule has 0 aromatic carbocycles. The number of carbonyl (C=O) groups excluding carboxylic acids is 2. The molecular formula is C6H10O6S. The molecule has 0 aromatic heterocycles. The van der Waals surface area contributed by atoms with Crippen LogP contribution in [0.4, 0.5) is 0 Å². The molecule has 0 aliphatic heterocycles. The predicted molar refractivity (Wildman–Crippen MR) is 42.2 cm³/mol. The molecule has 0 aliphatic rings. The van der Waals surface area contributed by atoms with Crippen molar-refractivity contribution in [3.8, 4) is 0 Å². The molecule has 0 heterocycles. The first-order valence-corrected chi connectivity index (χ1v) is 4.87. The number of aldehydes is 2. The number of carbonyl (C=O) groups is 2. The highest BCUT2D eigenvalue weighted by atomic mass is 32.3. The molecule has 0 aromatic rings. The van der Waals surface area contributed by atoms with Crippen LogP contribution in [-0.4, -0.2) is 34.2 Å². The minimum Gasteiger partial charge on any atom is -0.303 e. The van der Waals surface area contributed by atoms with E-state index in [2.05, 4.69) is 8.37 Å². The summed E-state index contributed by atoms with van der Waals surface area (Å²) in [5.41, 5.74) is 0. The van der Waals surface area contributed by atoms with Gasteiger partial charge in [0.05, 0.1) is 13.2 Å². The van der Waals surface area contributed by atoms with Crippen LogP contribution in [0.2, 0.25) is 0 Å². The smallest absolute Gasteiger partial charge is 0.303 e. The van der Waals surface area contributed by atoms with Gasteiger partial charge in [-0.15, -0.1) is 0 Å². The molecule has 0 unspecified atom stereocenters. The fraction of sp³-hybridized carbons (Fsp3) is 0.667. The van der Waals surface area contributed by atoms with Gasteiger partial charge < -0.3 is 9.59 Å². The van der Waals surface area contributed by atoms with Gasteiger partial charge >= 0.3 is 10.4 Å². The summed E-state index contributed by atoms with van der Waals surface area (Å²) in [6, 6.07) is 0. The maximum absolute atomic E-state index is 10.7. The number of rotatable bonds is 8. The Morgan fingerprint density at radius 3 is 1.62 bits per heavy atom. The molecule has 0 spiro atoms. The van der Waals surface area contributed by atoms with Gasteiger partial charge in [-0.3, -0.25) is 0 Å². The lowest BCUT2D eigenvalue weighted by Gasteiger charge is -2.01. The summed E-state index contributed by atoms with van der Waals surface area (Å²) in [7, 11) is -4.04. The zero-order valence-corrected chi connectivity index (χ0v) is 7.66. The molecule has 6 nitrogen and oxygen atoms in total. The molecule has 76 valence electrons. The van der Waals surface area contributed by atoms with Crippen LogP contribution in [0.3, 0.4) is 0 Å². The van der Waals surface area contributed by atoms with E-state index in [9.17, 15) is 18.0 Å². The molecule has 0 radical (unpaired) electrons. The fourth-order valence-corrected chi connectivity index (χ4v) is 1.10. The average molecular weight is 210 g/mol. The maximum Gasteiger partial charge on any atom is 0.399 e. The van der Waals surface area contributed by atoms with E-state index in [1.54, 1.807) is 0 Å². The van der Waals surface area contributed by atoms with E-state index in [1.165, 1.54) is 0 Å². The van der Waals surface area contributed by atoms with Gasteiger partial charge in [0.25, 0.3) is 0 Å². The highest BCUT2D eigenvalue weighted by Crippen LogP contribution is 1.96. The van der Waals surface area contributed by atoms with Gasteiger partial charge in [0.15, 0.2) is 0 Å². The molecule has 7 heteroatoms. The van der Waals surface area contributed by atoms with Crippen molar-refractivity contribution < 1.29 is 26.4 Å². The van der Waals surface area contributed by atoms with E-state index in [0.717, 1.165) is 0 Å². The Hall–Kier alpha value is -0.790. The van der Waals surface area contributed by atoms with Gasteiger partial charge in [0.2, 0.25) is 0 Å². The Morgan fingerprint density at radius 2 is 1.31 bits per heavy atom. The summed E-state index contributed by atoms with van der Waals surface area (Å²) < 4.78 is 29.8. The number of hydrogen-bond donors (Lipinski definition) is 0. The van der Waals surface area contributed by atoms with Crippen molar-refractivity contribution in [1.29, 1.82) is 0 Å². The summed E-state index contributed by atoms with van der Waals surface area (Å²) in [5.74, 6) is 0. The first-order valence-electron chi connectivity index (χ1n) is 3.53. The molecule has 0 fully saturated rings. The van der Waals surface area contributed by atoms with Crippen LogP contribution >= 0.6 is 0 Å². The maximum atomic E-state index is 10.7. The van der Waals surface area contributed by atoms with Crippen LogP contribution in [0.15, 0.2) is 0 Å². The first-order chi connectivity index (χ1) is 6.12. The lowest BCUT2D eigenvalue weighted by Crippen LogP contribution is -2.12. The van der Waals surface area contributed by atoms with Crippen molar-refractivity contribution in [2.45, 2.75) is 12.8 Å². The van der Waals surface area contributed by atoms with Crippen LogP contribution in [-0.2, 0) is 28.4 Å². The molecule has 0 bridgehead atoms. The third kappa shape index (κ3) is 7.57. The predicted octanol–water partition coefficient (Wildman–Crippen LogP) is -0.558. The molecule has 0 N–H and O–H groups in total. The monoisotopic (exact) mass is 210 g/mol. The standard InChI is InChI=1S/C6H10O6S/c7-3-1-5-11-13(9,10)12-6-2-4-8/h3-4H,1-2,5-6H2. The lowest BCUT2D eigenvalue weighted by atomic mass is 10.5. The second-order valence-corrected chi connectivity index (χ2v) is 3.25. The summed E-state index contributed by atoms with van der Waals surface area (Å²) in [4.78, 5) is 19.6. The van der Waals surface area contributed by atoms with E-state index in [1.807, 2.05) is 0 Å². The topological polar surface area (TPSA) is 86.7 Å². The second kappa shape index (κ2) is 6.70. The van der Waals surface area contributed by atoms with Crippen molar-refractivity contribution >= 4 is 23.0 Å². The third-order valence-corrected chi connectivity index (χ3v) is 1.84. The van der Waals surface area contributed by atoms with E-state index in [4.69, 9.17) is 0 Å². The first kappa shape index (κ1) is 12.2. The third-order valence-electron chi connectivity index (χ3n) is 0.927. The van der Waals surface area contributed by atoms with E-state index in [0.29, 0.717) is 12.6 Å². The molecule has 0 saturated heterocycles. The average Bonchev–Trinajstić information content (AvgIpc) is 2.05. The summed E-state index contributed by atoms with van der Waals surface area (Å²) in [5, 5.41) is 0. The Kier molecular flexibility index (Phi) is 6.29. The van der Waals surface area contributed by atoms with Crippen molar-refractivity contribution in [3.63, 3.8) is 0 Å². The highest BCUT2D eigenvalue weighted by molar-refractivity contribution is 7.81. The van der Waals surface area contributed by atoms with Crippen LogP contribution in [0, 0.1) is 0 Å². The Morgan fingerprint density at radius 1 is 0.923 bits per heavy atom. The van der Waals surface area contributed by atoms with Crippen molar-refractivity contribution in [3.05, 3.63) is 0 Å². The lowest BCUT2D eigenvalue weighted by molar-refractivity contribution is -0.108. The molecule has 13 heavy (non-hydrogen) atoms. The minimum atomic E-state index is -4.04. The van der Waals surface area contributed by atoms with E-state index in [-0.39, 0.29) is 26.1 Å². The van der Waals surface area contributed by atoms with Gasteiger partial charge in [-0.2, -0.15) is 8.42 Å². The summed E-state index contributed by atoms with van der Waals surface area (Å²) >= 11 is 0. The van der Waals surface area contributed by atoms with Gasteiger partial charge in [0.1, 0.15) is 12.6 Å². The molecule has 0 rings (SSSR count). The zero-order chi connectivity index (χ0) is 10.2. The molecular weight excluding hydrogens is 200 g/mol. The molecule has 0 atom stereocenters. The fourth-order valence-electron chi connectivity index (χ4n) is 0.431. The molecule has 0 amide bonds. The van der Waals surface area contributed by atoms with Crippen molar-refractivity contribution in [1.82, 2.24) is 0 Å². The van der Waals surface area contributed by atoms with Crippen LogP contribution in [0.1, 0.15) is 12.8 Å². The Balaban J connectivity index is 3.67. The largest absolute Gasteiger partial charge is 0.399 e. The second-order valence-electron chi connectivity index (χ2n) is 1.96. The molecule has 0 saturated carbocycles. The minimum absolute atomic E-state index is 0.0176. The molecule has 0 aliphatic carbocycles. The van der Waals surface area contributed by atoms with Gasteiger partial charge in [0, 0.05) is 12.8 Å². The van der Waals surface area contributed by atoms with E-state index < -0.39 is 10.4 Å². The Bertz CT molecular complexity index is 224. The normalized spacial score (nSPS) is 11.1. The summed E-state index contributed by atoms with van der Waals surface area (Å²) in [6.07, 6.45) is 1.02. The van der Waals surface area contributed by atoms with Gasteiger partial charge in [-0.25, -0.2) is 8.37 Å². The Labute approximate surface area is 76.2 Å². The van der Waals surface area contributed by atoms with Gasteiger partial charge in [-0.05, 0) is 0 Å². The van der Waals surface area contributed by atoms with E-state index >= 15 is 0 Å². The van der Waals surface area contributed by atoms with Crippen LogP contribution in [0.5, 0.6) is 0 Å². The van der Waals surface area contributed by atoms with Gasteiger partial charge in [-0.1, -0.05) is 0 Å². The number of hydrogen-bond acceptors (Lipinski definition) is 6. The summed E-state index contributed by atoms with van der Waals surface area (Å²) in [6.45, 7) is -0.486. The highest BCUT2D eigenvalue weighted by Gasteiger charge is 2.10.